The predicted octanol–water partition coefficient (Wildman–Crippen LogP) is 6.24. The van der Waals surface area contributed by atoms with E-state index < -0.39 is 11.8 Å². The lowest BCUT2D eigenvalue weighted by atomic mass is 10.1. The molecule has 3 aromatic carbocycles. The van der Waals surface area contributed by atoms with Crippen molar-refractivity contribution in [3.63, 3.8) is 0 Å². The van der Waals surface area contributed by atoms with Crippen molar-refractivity contribution in [2.24, 2.45) is 0 Å². The lowest BCUT2D eigenvalue weighted by molar-refractivity contribution is -0.120. The lowest BCUT2D eigenvalue weighted by Gasteiger charge is -2.15. The van der Waals surface area contributed by atoms with E-state index >= 15 is 0 Å². The molecule has 0 unspecified atom stereocenters. The van der Waals surface area contributed by atoms with Gasteiger partial charge in [-0.3, -0.25) is 14.4 Å². The molecule has 2 N–H and O–H groups in total. The molecule has 0 bridgehead atoms. The maximum atomic E-state index is 12.9. The fourth-order valence-electron chi connectivity index (χ4n) is 3.35. The Labute approximate surface area is 211 Å². The molecule has 9 heteroatoms. The number of hydrogen-bond donors (Lipinski definition) is 2. The van der Waals surface area contributed by atoms with Crippen LogP contribution in [0.4, 0.5) is 17.1 Å². The number of rotatable bonds is 6. The number of anilines is 3. The van der Waals surface area contributed by atoms with E-state index in [0.717, 1.165) is 16.9 Å². The molecule has 3 amide bonds. The average Bonchev–Trinajstić information content (AvgIpc) is 3.05. The summed E-state index contributed by atoms with van der Waals surface area (Å²) >= 11 is 18.1. The average molecular weight is 515 g/mol. The molecule has 1 heterocycles. The number of hydrogen-bond acceptors (Lipinski definition) is 4. The van der Waals surface area contributed by atoms with Crippen LogP contribution in [0.5, 0.6) is 0 Å². The van der Waals surface area contributed by atoms with E-state index in [-0.39, 0.29) is 16.6 Å². The first kappa shape index (κ1) is 23.8. The molecule has 3 aromatic rings. The quantitative estimate of drug-likeness (QED) is 0.382. The monoisotopic (exact) mass is 513 g/mol. The number of carbonyl (C=O) groups excluding carboxylic acids is 3. The molecule has 0 aromatic heterocycles. The summed E-state index contributed by atoms with van der Waals surface area (Å²) in [5, 5.41) is 6.14. The van der Waals surface area contributed by atoms with Crippen molar-refractivity contribution in [2.45, 2.75) is 13.3 Å². The predicted molar refractivity (Wildman–Crippen MR) is 136 cm³/mol. The van der Waals surface area contributed by atoms with Crippen LogP contribution in [-0.4, -0.2) is 17.7 Å². The highest BCUT2D eigenvalue weighted by molar-refractivity contribution is 6.53. The van der Waals surface area contributed by atoms with E-state index in [1.807, 2.05) is 19.1 Å². The van der Waals surface area contributed by atoms with Crippen molar-refractivity contribution in [1.82, 2.24) is 0 Å². The molecule has 0 fully saturated rings. The third-order valence-electron chi connectivity index (χ3n) is 5.22. The molecular weight excluding hydrogens is 497 g/mol. The van der Waals surface area contributed by atoms with Gasteiger partial charge < -0.3 is 10.6 Å². The minimum Gasteiger partial charge on any atom is -0.350 e. The molecule has 0 aliphatic carbocycles. The summed E-state index contributed by atoms with van der Waals surface area (Å²) in [5.41, 5.74) is 2.87. The first-order valence-corrected chi connectivity index (χ1v) is 11.4. The van der Waals surface area contributed by atoms with E-state index in [2.05, 4.69) is 10.6 Å². The van der Waals surface area contributed by atoms with Crippen molar-refractivity contribution < 1.29 is 14.4 Å². The van der Waals surface area contributed by atoms with Crippen LogP contribution in [0.3, 0.4) is 0 Å². The molecule has 0 spiro atoms. The van der Waals surface area contributed by atoms with Crippen molar-refractivity contribution in [2.75, 3.05) is 15.5 Å². The van der Waals surface area contributed by atoms with Gasteiger partial charge in [0.05, 0.1) is 15.7 Å². The Morgan fingerprint density at radius 2 is 1.47 bits per heavy atom. The molecule has 0 saturated heterocycles. The Bertz CT molecular complexity index is 1320. The van der Waals surface area contributed by atoms with Gasteiger partial charge in [-0.25, -0.2) is 4.90 Å². The summed E-state index contributed by atoms with van der Waals surface area (Å²) in [6.07, 6.45) is 0.843. The Morgan fingerprint density at radius 1 is 0.824 bits per heavy atom. The van der Waals surface area contributed by atoms with Crippen LogP contribution in [-0.2, 0) is 16.0 Å². The van der Waals surface area contributed by atoms with Gasteiger partial charge in [0.2, 0.25) is 0 Å². The molecule has 0 saturated carbocycles. The second kappa shape index (κ2) is 9.89. The fraction of sp³-hybridized carbons (Fsp3) is 0.0800. The van der Waals surface area contributed by atoms with Crippen LogP contribution in [0.2, 0.25) is 10.0 Å². The number of aryl methyl sites for hydroxylation is 1. The van der Waals surface area contributed by atoms with Gasteiger partial charge in [-0.2, -0.15) is 0 Å². The summed E-state index contributed by atoms with van der Waals surface area (Å²) in [6.45, 7) is 2.02. The molecule has 4 rings (SSSR count). The highest BCUT2D eigenvalue weighted by Crippen LogP contribution is 2.30. The second-order valence-electron chi connectivity index (χ2n) is 7.44. The minimum absolute atomic E-state index is 0.0285. The van der Waals surface area contributed by atoms with E-state index in [0.29, 0.717) is 32.7 Å². The molecule has 1 aliphatic heterocycles. The van der Waals surface area contributed by atoms with Crippen LogP contribution in [0.1, 0.15) is 22.8 Å². The van der Waals surface area contributed by atoms with E-state index in [1.54, 1.807) is 54.6 Å². The van der Waals surface area contributed by atoms with Crippen LogP contribution in [0.25, 0.3) is 0 Å². The number of carbonyl (C=O) groups is 3. The number of amides is 3. The van der Waals surface area contributed by atoms with Gasteiger partial charge in [-0.1, -0.05) is 53.9 Å². The largest absolute Gasteiger partial charge is 0.350 e. The van der Waals surface area contributed by atoms with Crippen molar-refractivity contribution in [1.29, 1.82) is 0 Å². The highest BCUT2D eigenvalue weighted by Gasteiger charge is 2.38. The van der Waals surface area contributed by atoms with Gasteiger partial charge in [0.1, 0.15) is 10.7 Å². The maximum absolute atomic E-state index is 12.9. The number of nitrogens with zero attached hydrogens (tertiary/aromatic N) is 1. The van der Waals surface area contributed by atoms with Crippen molar-refractivity contribution >= 4 is 69.6 Å². The zero-order chi connectivity index (χ0) is 24.4. The molecule has 34 heavy (non-hydrogen) atoms. The third kappa shape index (κ3) is 4.80. The molecule has 6 nitrogen and oxygen atoms in total. The van der Waals surface area contributed by atoms with Gasteiger partial charge in [0.15, 0.2) is 0 Å². The highest BCUT2D eigenvalue weighted by atomic mass is 35.5. The second-order valence-corrected chi connectivity index (χ2v) is 8.63. The number of nitrogens with one attached hydrogen (secondary N) is 2. The topological polar surface area (TPSA) is 78.5 Å². The Hall–Kier alpha value is -3.32. The van der Waals surface area contributed by atoms with Crippen LogP contribution in [0, 0.1) is 0 Å². The van der Waals surface area contributed by atoms with Gasteiger partial charge in [-0.05, 0) is 66.6 Å². The number of halogens is 3. The van der Waals surface area contributed by atoms with Gasteiger partial charge in [0, 0.05) is 16.9 Å². The standard InChI is InChI=1S/C25H18Cl3N3O3/c1-2-14-3-10-18(11-4-14)31-24(33)21(28)22(25(31)34)29-16-7-5-15(6-8-16)23(32)30-17-9-12-19(26)20(27)13-17/h3-13,29H,2H2,1H3,(H,30,32). The smallest absolute Gasteiger partial charge is 0.283 e. The van der Waals surface area contributed by atoms with Crippen LogP contribution in [0.15, 0.2) is 77.5 Å². The minimum atomic E-state index is -0.601. The van der Waals surface area contributed by atoms with Crippen LogP contribution >= 0.6 is 34.8 Å². The lowest BCUT2D eigenvalue weighted by Crippen LogP contribution is -2.32. The zero-order valence-corrected chi connectivity index (χ0v) is 20.1. The normalized spacial score (nSPS) is 13.5. The Morgan fingerprint density at radius 3 is 2.09 bits per heavy atom. The van der Waals surface area contributed by atoms with Gasteiger partial charge in [-0.15, -0.1) is 0 Å². The van der Waals surface area contributed by atoms with Crippen LogP contribution < -0.4 is 15.5 Å². The maximum Gasteiger partial charge on any atom is 0.283 e. The summed E-state index contributed by atoms with van der Waals surface area (Å²) in [4.78, 5) is 39.1. The van der Waals surface area contributed by atoms with E-state index in [1.165, 1.54) is 0 Å². The zero-order valence-electron chi connectivity index (χ0n) is 17.9. The molecule has 172 valence electrons. The number of imide groups is 1. The molecular formula is C25H18Cl3N3O3. The Balaban J connectivity index is 1.47. The van der Waals surface area contributed by atoms with E-state index in [9.17, 15) is 14.4 Å². The van der Waals surface area contributed by atoms with Gasteiger partial charge >= 0.3 is 0 Å². The summed E-state index contributed by atoms with van der Waals surface area (Å²) in [5.74, 6) is -1.51. The first-order valence-electron chi connectivity index (χ1n) is 10.3. The first-order chi connectivity index (χ1) is 16.3. The summed E-state index contributed by atoms with van der Waals surface area (Å²) in [7, 11) is 0. The van der Waals surface area contributed by atoms with E-state index in [4.69, 9.17) is 34.8 Å². The summed E-state index contributed by atoms with van der Waals surface area (Å²) < 4.78 is 0. The molecule has 0 radical (unpaired) electrons. The summed E-state index contributed by atoms with van der Waals surface area (Å²) in [6, 6.07) is 18.3. The Kier molecular flexibility index (Phi) is 6.93. The number of benzene rings is 3. The molecule has 1 aliphatic rings. The van der Waals surface area contributed by atoms with Gasteiger partial charge in [0.25, 0.3) is 17.7 Å². The molecule has 0 atom stereocenters. The van der Waals surface area contributed by atoms with Crippen molar-refractivity contribution in [3.8, 4) is 0 Å². The third-order valence-corrected chi connectivity index (χ3v) is 6.31. The fourth-order valence-corrected chi connectivity index (χ4v) is 3.86. The SMILES string of the molecule is CCc1ccc(N2C(=O)C(Cl)=C(Nc3ccc(C(=O)Nc4ccc(Cl)c(Cl)c4)cc3)C2=O)cc1. The van der Waals surface area contributed by atoms with Crippen molar-refractivity contribution in [3.05, 3.63) is 98.6 Å².